The molecule has 1 aliphatic rings. The lowest BCUT2D eigenvalue weighted by molar-refractivity contribution is -0.122. The van der Waals surface area contributed by atoms with Crippen LogP contribution in [0.4, 0.5) is 13.9 Å². The van der Waals surface area contributed by atoms with E-state index in [9.17, 15) is 18.4 Å². The lowest BCUT2D eigenvalue weighted by atomic mass is 10.2. The number of anilines is 1. The highest BCUT2D eigenvalue weighted by Crippen LogP contribution is 2.33. The molecule has 1 amide bonds. The number of carbonyl (C=O) groups excluding carboxylic acids is 1. The predicted molar refractivity (Wildman–Crippen MR) is 124 cm³/mol. The number of halogens is 2. The molecule has 4 rings (SSSR count). The number of carbonyl (C=O) groups is 1. The second kappa shape index (κ2) is 9.14. The Morgan fingerprint density at radius 1 is 1.27 bits per heavy atom. The molecule has 33 heavy (non-hydrogen) atoms. The number of hydrogen-bond acceptors (Lipinski definition) is 7. The normalized spacial score (nSPS) is 16.7. The monoisotopic (exact) mass is 476 g/mol. The van der Waals surface area contributed by atoms with Gasteiger partial charge in [0.2, 0.25) is 5.91 Å². The van der Waals surface area contributed by atoms with E-state index in [1.165, 1.54) is 26.0 Å². The van der Waals surface area contributed by atoms with E-state index in [1.807, 2.05) is 35.2 Å². The number of alkyl halides is 2. The summed E-state index contributed by atoms with van der Waals surface area (Å²) < 4.78 is 30.3. The smallest absolute Gasteiger partial charge is 0.317 e. The Morgan fingerprint density at radius 2 is 2.00 bits per heavy atom. The lowest BCUT2D eigenvalue weighted by Crippen LogP contribution is -2.43. The summed E-state index contributed by atoms with van der Waals surface area (Å²) in [6, 6.07) is 9.17. The summed E-state index contributed by atoms with van der Waals surface area (Å²) in [6.07, 6.45) is 1.44. The number of amides is 1. The van der Waals surface area contributed by atoms with E-state index in [0.717, 1.165) is 27.9 Å². The second-order valence-corrected chi connectivity index (χ2v) is 9.40. The Hall–Kier alpha value is -2.92. The summed E-state index contributed by atoms with van der Waals surface area (Å²) in [7, 11) is 4.35. The van der Waals surface area contributed by atoms with Crippen molar-refractivity contribution >= 4 is 32.7 Å². The first-order chi connectivity index (χ1) is 15.7. The molecule has 0 spiro atoms. The van der Waals surface area contributed by atoms with Gasteiger partial charge in [-0.05, 0) is 32.5 Å². The van der Waals surface area contributed by atoms with E-state index in [-0.39, 0.29) is 16.3 Å². The van der Waals surface area contributed by atoms with Crippen molar-refractivity contribution in [1.82, 2.24) is 24.8 Å². The highest BCUT2D eigenvalue weighted by Gasteiger charge is 2.38. The minimum atomic E-state index is -3.30. The van der Waals surface area contributed by atoms with Crippen LogP contribution in [0.5, 0.6) is 0 Å². The summed E-state index contributed by atoms with van der Waals surface area (Å²) in [5, 5.41) is 3.40. The van der Waals surface area contributed by atoms with Gasteiger partial charge in [-0.1, -0.05) is 41.7 Å². The molecular formula is C22H26F2N6O2S. The molecule has 1 fully saturated rings. The number of benzene rings is 1. The number of nitrogens with one attached hydrogen (secondary N) is 1. The zero-order valence-corrected chi connectivity index (χ0v) is 19.5. The molecule has 11 heteroatoms. The van der Waals surface area contributed by atoms with E-state index in [0.29, 0.717) is 24.6 Å². The Morgan fingerprint density at radius 3 is 2.70 bits per heavy atom. The molecule has 1 aliphatic heterocycles. The molecule has 1 saturated heterocycles. The van der Waals surface area contributed by atoms with Crippen LogP contribution in [-0.2, 0) is 24.3 Å². The average molecular weight is 477 g/mol. The summed E-state index contributed by atoms with van der Waals surface area (Å²) in [5.41, 5.74) is 0.409. The molecule has 1 atom stereocenters. The van der Waals surface area contributed by atoms with Crippen LogP contribution in [0.2, 0.25) is 0 Å². The quantitative estimate of drug-likeness (QED) is 0.564. The first-order valence-corrected chi connectivity index (χ1v) is 11.5. The van der Waals surface area contributed by atoms with Gasteiger partial charge in [-0.2, -0.15) is 8.78 Å². The molecule has 0 saturated carbocycles. The number of fused-ring (bicyclic) bond motifs is 1. The van der Waals surface area contributed by atoms with Crippen LogP contribution in [0, 0.1) is 0 Å². The Labute approximate surface area is 193 Å². The van der Waals surface area contributed by atoms with Gasteiger partial charge in [0.05, 0.1) is 6.54 Å². The third kappa shape index (κ3) is 4.74. The maximum Gasteiger partial charge on any atom is 0.317 e. The summed E-state index contributed by atoms with van der Waals surface area (Å²) in [5.74, 6) is -4.03. The standard InChI is InChI=1S/C22H26F2N6O2S/c1-28(2)13-22(23,24)20-27-18-16(19(32)29(20)3)26-21(33-18)30-11-7-10-15(30)17(31)25-12-14-8-5-4-6-9-14/h4-6,8-9,15H,7,10-13H2,1-3H3,(H,25,31)/t15-/m1/s1. The maximum absolute atomic E-state index is 14.7. The van der Waals surface area contributed by atoms with Gasteiger partial charge in [-0.15, -0.1) is 0 Å². The van der Waals surface area contributed by atoms with Crippen molar-refractivity contribution in [2.24, 2.45) is 7.05 Å². The number of rotatable bonds is 7. The van der Waals surface area contributed by atoms with Crippen molar-refractivity contribution < 1.29 is 13.6 Å². The number of likely N-dealkylation sites (N-methyl/N-ethyl adjacent to an activating group) is 1. The molecule has 176 valence electrons. The van der Waals surface area contributed by atoms with Crippen LogP contribution in [0.3, 0.4) is 0 Å². The molecule has 2 aromatic heterocycles. The molecule has 0 aliphatic carbocycles. The Kier molecular flexibility index (Phi) is 6.44. The van der Waals surface area contributed by atoms with Crippen molar-refractivity contribution in [3.8, 4) is 0 Å². The van der Waals surface area contributed by atoms with Gasteiger partial charge in [-0.3, -0.25) is 14.2 Å². The van der Waals surface area contributed by atoms with Gasteiger partial charge in [0.25, 0.3) is 5.56 Å². The molecule has 0 unspecified atom stereocenters. The molecule has 1 aromatic carbocycles. The SMILES string of the molecule is CN(C)CC(F)(F)c1nc2sc(N3CCC[C@@H]3C(=O)NCc3ccccc3)nc2c(=O)n1C. The highest BCUT2D eigenvalue weighted by atomic mass is 32.1. The van der Waals surface area contributed by atoms with Gasteiger partial charge >= 0.3 is 5.92 Å². The first-order valence-electron chi connectivity index (χ1n) is 10.7. The molecular weight excluding hydrogens is 450 g/mol. The fourth-order valence-corrected chi connectivity index (χ4v) is 5.04. The number of aromatic nitrogens is 3. The summed E-state index contributed by atoms with van der Waals surface area (Å²) in [4.78, 5) is 37.5. The van der Waals surface area contributed by atoms with E-state index in [2.05, 4.69) is 15.3 Å². The zero-order chi connectivity index (χ0) is 23.8. The first kappa shape index (κ1) is 23.2. The highest BCUT2D eigenvalue weighted by molar-refractivity contribution is 7.21. The summed E-state index contributed by atoms with van der Waals surface area (Å²) >= 11 is 1.07. The predicted octanol–water partition coefficient (Wildman–Crippen LogP) is 2.33. The van der Waals surface area contributed by atoms with Crippen LogP contribution in [0.25, 0.3) is 10.3 Å². The number of nitrogens with zero attached hydrogens (tertiary/aromatic N) is 5. The molecule has 1 N–H and O–H groups in total. The summed E-state index contributed by atoms with van der Waals surface area (Å²) in [6.45, 7) is 0.434. The van der Waals surface area contributed by atoms with Crippen molar-refractivity contribution in [3.05, 3.63) is 52.1 Å². The van der Waals surface area contributed by atoms with E-state index in [4.69, 9.17) is 0 Å². The van der Waals surface area contributed by atoms with Gasteiger partial charge in [-0.25, -0.2) is 9.97 Å². The average Bonchev–Trinajstić information content (AvgIpc) is 3.41. The molecule has 3 heterocycles. The van der Waals surface area contributed by atoms with Gasteiger partial charge < -0.3 is 15.1 Å². The molecule has 0 radical (unpaired) electrons. The fraction of sp³-hybridized carbons (Fsp3) is 0.455. The minimum absolute atomic E-state index is 0.0391. The van der Waals surface area contributed by atoms with E-state index >= 15 is 0 Å². The van der Waals surface area contributed by atoms with E-state index < -0.39 is 29.9 Å². The molecule has 8 nitrogen and oxygen atoms in total. The largest absolute Gasteiger partial charge is 0.350 e. The lowest BCUT2D eigenvalue weighted by Gasteiger charge is -2.23. The van der Waals surface area contributed by atoms with Crippen LogP contribution in [0.15, 0.2) is 35.1 Å². The van der Waals surface area contributed by atoms with Crippen molar-refractivity contribution in [2.45, 2.75) is 31.4 Å². The minimum Gasteiger partial charge on any atom is -0.350 e. The van der Waals surface area contributed by atoms with Crippen LogP contribution in [0.1, 0.15) is 24.2 Å². The second-order valence-electron chi connectivity index (χ2n) is 8.45. The van der Waals surface area contributed by atoms with Crippen LogP contribution >= 0.6 is 11.3 Å². The maximum atomic E-state index is 14.7. The Bertz CT molecular complexity index is 1210. The van der Waals surface area contributed by atoms with Crippen LogP contribution < -0.4 is 15.8 Å². The molecule has 3 aromatic rings. The zero-order valence-electron chi connectivity index (χ0n) is 18.7. The van der Waals surface area contributed by atoms with Crippen LogP contribution in [-0.4, -0.2) is 58.6 Å². The van der Waals surface area contributed by atoms with Crippen molar-refractivity contribution in [1.29, 1.82) is 0 Å². The number of thiazole rings is 1. The van der Waals surface area contributed by atoms with Gasteiger partial charge in [0, 0.05) is 20.1 Å². The Balaban J connectivity index is 1.60. The number of hydrogen-bond donors (Lipinski definition) is 1. The topological polar surface area (TPSA) is 83.4 Å². The third-order valence-corrected chi connectivity index (χ3v) is 6.57. The van der Waals surface area contributed by atoms with Gasteiger partial charge in [0.1, 0.15) is 6.04 Å². The fourth-order valence-electron chi connectivity index (χ4n) is 4.03. The van der Waals surface area contributed by atoms with Crippen molar-refractivity contribution in [2.75, 3.05) is 32.1 Å². The van der Waals surface area contributed by atoms with Crippen molar-refractivity contribution in [3.63, 3.8) is 0 Å². The van der Waals surface area contributed by atoms with E-state index in [1.54, 1.807) is 0 Å². The molecule has 0 bridgehead atoms. The van der Waals surface area contributed by atoms with Gasteiger partial charge in [0.15, 0.2) is 21.3 Å². The third-order valence-electron chi connectivity index (χ3n) is 5.58.